The van der Waals surface area contributed by atoms with Gasteiger partial charge in [-0.15, -0.1) is 0 Å². The topological polar surface area (TPSA) is 104 Å². The van der Waals surface area contributed by atoms with Gasteiger partial charge in [0.15, 0.2) is 0 Å². The van der Waals surface area contributed by atoms with E-state index < -0.39 is 5.97 Å². The fourth-order valence-electron chi connectivity index (χ4n) is 1.45. The Morgan fingerprint density at radius 1 is 1.33 bits per heavy atom. The van der Waals surface area contributed by atoms with Gasteiger partial charge in [-0.25, -0.2) is 4.98 Å². The van der Waals surface area contributed by atoms with Crippen molar-refractivity contribution in [1.82, 2.24) is 4.98 Å². The number of hydrogen-bond donors (Lipinski definition) is 2. The fourth-order valence-corrected chi connectivity index (χ4v) is 1.45. The Kier molecular flexibility index (Phi) is 6.90. The first-order valence-electron chi connectivity index (χ1n) is 6.34. The number of anilines is 1. The lowest BCUT2D eigenvalue weighted by Crippen LogP contribution is -2.14. The van der Waals surface area contributed by atoms with E-state index in [-0.39, 0.29) is 18.7 Å². The molecule has 0 bridgehead atoms. The van der Waals surface area contributed by atoms with Gasteiger partial charge in [0.1, 0.15) is 5.82 Å². The second-order valence-corrected chi connectivity index (χ2v) is 4.17. The van der Waals surface area contributed by atoms with Gasteiger partial charge in [0.05, 0.1) is 20.1 Å². The monoisotopic (exact) mass is 293 g/mol. The van der Waals surface area contributed by atoms with E-state index in [4.69, 9.17) is 10.5 Å². The van der Waals surface area contributed by atoms with Gasteiger partial charge in [0.2, 0.25) is 5.91 Å². The van der Waals surface area contributed by atoms with E-state index >= 15 is 0 Å². The third-order valence-electron chi connectivity index (χ3n) is 2.62. The van der Waals surface area contributed by atoms with Crippen LogP contribution in [0.2, 0.25) is 0 Å². The van der Waals surface area contributed by atoms with E-state index in [0.717, 1.165) is 5.56 Å². The molecule has 7 heteroatoms. The largest absolute Gasteiger partial charge is 0.469 e. The van der Waals surface area contributed by atoms with Gasteiger partial charge in [-0.2, -0.15) is 0 Å². The SMILES string of the molecule is COC/C=C(/N)c1ccc(NC(=O)CCC(=O)OC)nc1. The van der Waals surface area contributed by atoms with E-state index in [1.807, 2.05) is 0 Å². The van der Waals surface area contributed by atoms with Crippen molar-refractivity contribution in [2.45, 2.75) is 12.8 Å². The van der Waals surface area contributed by atoms with E-state index in [2.05, 4.69) is 15.0 Å². The van der Waals surface area contributed by atoms with Gasteiger partial charge in [-0.3, -0.25) is 9.59 Å². The van der Waals surface area contributed by atoms with Gasteiger partial charge >= 0.3 is 5.97 Å². The van der Waals surface area contributed by atoms with Crippen molar-refractivity contribution < 1.29 is 19.1 Å². The van der Waals surface area contributed by atoms with Crippen LogP contribution < -0.4 is 11.1 Å². The number of nitrogens with zero attached hydrogens (tertiary/aromatic N) is 1. The maximum atomic E-state index is 11.6. The number of nitrogens with one attached hydrogen (secondary N) is 1. The Hall–Kier alpha value is -2.41. The van der Waals surface area contributed by atoms with Crippen molar-refractivity contribution in [2.24, 2.45) is 5.73 Å². The quantitative estimate of drug-likeness (QED) is 0.724. The number of rotatable bonds is 7. The Balaban J connectivity index is 2.54. The molecule has 0 aromatic carbocycles. The highest BCUT2D eigenvalue weighted by Gasteiger charge is 2.07. The molecule has 21 heavy (non-hydrogen) atoms. The van der Waals surface area contributed by atoms with Gasteiger partial charge in [0, 0.05) is 31.0 Å². The lowest BCUT2D eigenvalue weighted by molar-refractivity contribution is -0.141. The number of carbonyl (C=O) groups excluding carboxylic acids is 2. The Labute approximate surface area is 123 Å². The Bertz CT molecular complexity index is 511. The van der Waals surface area contributed by atoms with Crippen LogP contribution in [0, 0.1) is 0 Å². The summed E-state index contributed by atoms with van der Waals surface area (Å²) in [5.41, 5.74) is 7.12. The molecule has 1 aromatic heterocycles. The van der Waals surface area contributed by atoms with Crippen LogP contribution in [-0.4, -0.2) is 37.7 Å². The average Bonchev–Trinajstić information content (AvgIpc) is 2.50. The van der Waals surface area contributed by atoms with Crippen molar-refractivity contribution >= 4 is 23.4 Å². The summed E-state index contributed by atoms with van der Waals surface area (Å²) in [6.07, 6.45) is 3.36. The normalized spacial score (nSPS) is 11.0. The molecule has 1 amide bonds. The molecule has 1 rings (SSSR count). The smallest absolute Gasteiger partial charge is 0.306 e. The molecule has 0 fully saturated rings. The molecule has 1 heterocycles. The van der Waals surface area contributed by atoms with Gasteiger partial charge in [0.25, 0.3) is 0 Å². The zero-order chi connectivity index (χ0) is 15.7. The third kappa shape index (κ3) is 6.05. The van der Waals surface area contributed by atoms with Crippen molar-refractivity contribution in [1.29, 1.82) is 0 Å². The van der Waals surface area contributed by atoms with Crippen LogP contribution in [0.15, 0.2) is 24.4 Å². The van der Waals surface area contributed by atoms with Gasteiger partial charge in [-0.1, -0.05) is 0 Å². The van der Waals surface area contributed by atoms with Crippen molar-refractivity contribution in [3.05, 3.63) is 30.0 Å². The molecule has 0 radical (unpaired) electrons. The molecule has 0 aliphatic rings. The zero-order valence-electron chi connectivity index (χ0n) is 12.1. The highest BCUT2D eigenvalue weighted by Crippen LogP contribution is 2.11. The Morgan fingerprint density at radius 3 is 2.67 bits per heavy atom. The zero-order valence-corrected chi connectivity index (χ0v) is 12.1. The second kappa shape index (κ2) is 8.70. The highest BCUT2D eigenvalue weighted by molar-refractivity contribution is 5.91. The van der Waals surface area contributed by atoms with Crippen LogP contribution in [0.1, 0.15) is 18.4 Å². The molecule has 114 valence electrons. The maximum absolute atomic E-state index is 11.6. The first-order chi connectivity index (χ1) is 10.1. The minimum Gasteiger partial charge on any atom is -0.469 e. The van der Waals surface area contributed by atoms with E-state index in [9.17, 15) is 9.59 Å². The predicted octanol–water partition coefficient (Wildman–Crippen LogP) is 0.919. The fraction of sp³-hybridized carbons (Fsp3) is 0.357. The van der Waals surface area contributed by atoms with Crippen LogP contribution in [0.25, 0.3) is 5.70 Å². The summed E-state index contributed by atoms with van der Waals surface area (Å²) in [5, 5.41) is 2.59. The maximum Gasteiger partial charge on any atom is 0.306 e. The molecular formula is C14H19N3O4. The molecule has 3 N–H and O–H groups in total. The molecule has 0 atom stereocenters. The second-order valence-electron chi connectivity index (χ2n) is 4.17. The number of amides is 1. The highest BCUT2D eigenvalue weighted by atomic mass is 16.5. The number of nitrogens with two attached hydrogens (primary N) is 1. The molecule has 0 spiro atoms. The van der Waals surface area contributed by atoms with Crippen LogP contribution in [0.4, 0.5) is 5.82 Å². The summed E-state index contributed by atoms with van der Waals surface area (Å²) in [6, 6.07) is 3.38. The first kappa shape index (κ1) is 16.6. The summed E-state index contributed by atoms with van der Waals surface area (Å²) in [4.78, 5) is 26.6. The molecule has 0 saturated carbocycles. The number of methoxy groups -OCH3 is 2. The molecule has 0 aliphatic heterocycles. The first-order valence-corrected chi connectivity index (χ1v) is 6.34. The van der Waals surface area contributed by atoms with Crippen molar-refractivity contribution in [2.75, 3.05) is 26.1 Å². The summed E-state index contributed by atoms with van der Waals surface area (Å²) in [7, 11) is 2.86. The summed E-state index contributed by atoms with van der Waals surface area (Å²) in [5.74, 6) is -0.332. The lowest BCUT2D eigenvalue weighted by Gasteiger charge is -2.06. The van der Waals surface area contributed by atoms with Gasteiger partial charge in [-0.05, 0) is 18.2 Å². The average molecular weight is 293 g/mol. The number of pyridine rings is 1. The lowest BCUT2D eigenvalue weighted by atomic mass is 10.2. The third-order valence-corrected chi connectivity index (χ3v) is 2.62. The van der Waals surface area contributed by atoms with E-state index in [1.54, 1.807) is 31.5 Å². The van der Waals surface area contributed by atoms with E-state index in [1.165, 1.54) is 7.11 Å². The number of hydrogen-bond acceptors (Lipinski definition) is 6. The summed E-state index contributed by atoms with van der Waals surface area (Å²) >= 11 is 0. The predicted molar refractivity (Wildman–Crippen MR) is 78.2 cm³/mol. The molecule has 0 aliphatic carbocycles. The standard InChI is InChI=1S/C14H19N3O4/c1-20-8-7-11(15)10-3-4-12(16-9-10)17-13(18)5-6-14(19)21-2/h3-4,7,9H,5-6,8,15H2,1-2H3,(H,16,17,18)/b11-7+. The number of esters is 1. The molecule has 7 nitrogen and oxygen atoms in total. The summed E-state index contributed by atoms with van der Waals surface area (Å²) < 4.78 is 9.35. The van der Waals surface area contributed by atoms with Crippen LogP contribution in [0.5, 0.6) is 0 Å². The van der Waals surface area contributed by atoms with Crippen molar-refractivity contribution in [3.8, 4) is 0 Å². The number of aromatic nitrogens is 1. The Morgan fingerprint density at radius 2 is 2.10 bits per heavy atom. The molecule has 0 saturated heterocycles. The van der Waals surface area contributed by atoms with Gasteiger partial charge < -0.3 is 20.5 Å². The van der Waals surface area contributed by atoms with Crippen molar-refractivity contribution in [3.63, 3.8) is 0 Å². The molecule has 1 aromatic rings. The molecular weight excluding hydrogens is 274 g/mol. The minimum absolute atomic E-state index is 0.0348. The van der Waals surface area contributed by atoms with Crippen LogP contribution in [-0.2, 0) is 19.1 Å². The van der Waals surface area contributed by atoms with Crippen LogP contribution >= 0.6 is 0 Å². The molecule has 0 unspecified atom stereocenters. The van der Waals surface area contributed by atoms with Crippen LogP contribution in [0.3, 0.4) is 0 Å². The number of carbonyl (C=O) groups is 2. The van der Waals surface area contributed by atoms with E-state index in [0.29, 0.717) is 18.1 Å². The number of ether oxygens (including phenoxy) is 2. The summed E-state index contributed by atoms with van der Waals surface area (Å²) in [6.45, 7) is 0.415. The minimum atomic E-state index is -0.426.